The normalized spacial score (nSPS) is 17.4. The lowest BCUT2D eigenvalue weighted by molar-refractivity contribution is -0.389. The largest absolute Gasteiger partial charge is 0.573 e. The number of hydrogen-bond acceptors (Lipinski definition) is 7. The molecule has 1 N–H and O–H groups in total. The number of benzene rings is 2. The van der Waals surface area contributed by atoms with E-state index < -0.39 is 11.3 Å². The van der Waals surface area contributed by atoms with Crippen LogP contribution in [0.5, 0.6) is 11.8 Å². The zero-order valence-corrected chi connectivity index (χ0v) is 19.9. The maximum atomic E-state index is 15.0. The molecule has 0 bridgehead atoms. The maximum Gasteiger partial charge on any atom is 0.573 e. The van der Waals surface area contributed by atoms with E-state index in [1.165, 1.54) is 24.4 Å². The summed E-state index contributed by atoms with van der Waals surface area (Å²) in [5.41, 5.74) is 2.98. The van der Waals surface area contributed by atoms with Gasteiger partial charge in [0.1, 0.15) is 24.4 Å². The number of nitrogens with zero attached hydrogens (tertiary/aromatic N) is 4. The first kappa shape index (κ1) is 25.5. The molecule has 0 aliphatic carbocycles. The molecule has 1 aromatic heterocycles. The number of ether oxygens (including phenoxy) is 2. The molecule has 13 heteroatoms. The molecule has 2 aromatic carbocycles. The number of halogens is 4. The maximum absolute atomic E-state index is 15.0. The van der Waals surface area contributed by atoms with Gasteiger partial charge in [0, 0.05) is 31.2 Å². The number of anilines is 1. The van der Waals surface area contributed by atoms with Crippen molar-refractivity contribution in [3.05, 3.63) is 81.8 Å². The lowest BCUT2D eigenvalue weighted by Crippen LogP contribution is -2.41. The van der Waals surface area contributed by atoms with Gasteiger partial charge in [-0.15, -0.1) is 13.2 Å². The Balaban J connectivity index is 1.16. The van der Waals surface area contributed by atoms with Crippen LogP contribution < -0.4 is 19.7 Å². The number of fused-ring (bicyclic) bond motifs is 1. The number of alkyl halides is 3. The molecule has 2 aliphatic rings. The van der Waals surface area contributed by atoms with Gasteiger partial charge < -0.3 is 29.8 Å². The minimum Gasteiger partial charge on any atom is -0.444 e. The summed E-state index contributed by atoms with van der Waals surface area (Å²) in [6, 6.07) is 10.8. The van der Waals surface area contributed by atoms with Crippen LogP contribution in [0.25, 0.3) is 5.57 Å². The molecular formula is C25H23F4N5O4. The van der Waals surface area contributed by atoms with E-state index in [2.05, 4.69) is 15.0 Å². The summed E-state index contributed by atoms with van der Waals surface area (Å²) in [7, 11) is 0. The van der Waals surface area contributed by atoms with Gasteiger partial charge in [-0.3, -0.25) is 4.57 Å². The molecule has 0 amide bonds. The van der Waals surface area contributed by atoms with Crippen molar-refractivity contribution >= 4 is 17.1 Å². The van der Waals surface area contributed by atoms with Crippen LogP contribution in [-0.2, 0) is 13.1 Å². The predicted molar refractivity (Wildman–Crippen MR) is 129 cm³/mol. The second-order valence-corrected chi connectivity index (χ2v) is 8.96. The summed E-state index contributed by atoms with van der Waals surface area (Å²) in [6.45, 7) is 2.13. The van der Waals surface area contributed by atoms with E-state index in [1.54, 1.807) is 22.8 Å². The number of nitro groups is 1. The van der Waals surface area contributed by atoms with Crippen LogP contribution in [0.3, 0.4) is 0 Å². The summed E-state index contributed by atoms with van der Waals surface area (Å²) in [6.07, 6.45) is -0.858. The topological polar surface area (TPSA) is 94.7 Å². The molecule has 3 heterocycles. The molecule has 9 nitrogen and oxygen atoms in total. The van der Waals surface area contributed by atoms with Gasteiger partial charge >= 0.3 is 18.2 Å². The Morgan fingerprint density at radius 1 is 1.21 bits per heavy atom. The number of rotatable bonds is 7. The summed E-state index contributed by atoms with van der Waals surface area (Å²) in [4.78, 5) is 16.0. The fourth-order valence-corrected chi connectivity index (χ4v) is 4.51. The molecule has 0 unspecified atom stereocenters. The highest BCUT2D eigenvalue weighted by molar-refractivity contribution is 5.69. The van der Waals surface area contributed by atoms with Crippen molar-refractivity contribution in [3.63, 3.8) is 0 Å². The molecule has 2 aliphatic heterocycles. The molecule has 0 radical (unpaired) electrons. The molecule has 0 spiro atoms. The minimum atomic E-state index is -4.73. The minimum absolute atomic E-state index is 0.126. The van der Waals surface area contributed by atoms with E-state index in [0.717, 1.165) is 16.7 Å². The Morgan fingerprint density at radius 3 is 2.66 bits per heavy atom. The molecular weight excluding hydrogens is 510 g/mol. The molecule has 3 aromatic rings. The van der Waals surface area contributed by atoms with E-state index in [-0.39, 0.29) is 36.0 Å². The van der Waals surface area contributed by atoms with Crippen molar-refractivity contribution < 1.29 is 32.0 Å². The molecule has 5 rings (SSSR count). The first-order valence-electron chi connectivity index (χ1n) is 11.8. The summed E-state index contributed by atoms with van der Waals surface area (Å²) in [5.74, 6) is -0.906. The number of aromatic nitrogens is 2. The molecule has 0 saturated carbocycles. The fraction of sp³-hybridized carbons (Fsp3) is 0.320. The van der Waals surface area contributed by atoms with Crippen molar-refractivity contribution in [2.45, 2.75) is 31.9 Å². The number of hydrogen-bond donors (Lipinski definition) is 1. The highest BCUT2D eigenvalue weighted by Gasteiger charge is 2.31. The van der Waals surface area contributed by atoms with Crippen molar-refractivity contribution in [2.24, 2.45) is 0 Å². The third-order valence-electron chi connectivity index (χ3n) is 6.36. The average molecular weight is 533 g/mol. The first-order chi connectivity index (χ1) is 18.1. The van der Waals surface area contributed by atoms with Crippen LogP contribution in [0.4, 0.5) is 29.1 Å². The van der Waals surface area contributed by atoms with Crippen molar-refractivity contribution in [3.8, 4) is 11.8 Å². The third-order valence-corrected chi connectivity index (χ3v) is 6.36. The average Bonchev–Trinajstić information content (AvgIpc) is 3.31. The zero-order chi connectivity index (χ0) is 26.9. The summed E-state index contributed by atoms with van der Waals surface area (Å²) >= 11 is 0. The van der Waals surface area contributed by atoms with Crippen LogP contribution in [0.15, 0.2) is 54.7 Å². The number of nitrogens with one attached hydrogen (secondary N) is 1. The quantitative estimate of drug-likeness (QED) is 0.268. The molecule has 0 saturated heterocycles. The van der Waals surface area contributed by atoms with Crippen LogP contribution in [0.2, 0.25) is 0 Å². The van der Waals surface area contributed by atoms with Gasteiger partial charge in [0.25, 0.3) is 0 Å². The van der Waals surface area contributed by atoms with Crippen LogP contribution in [0.1, 0.15) is 17.5 Å². The van der Waals surface area contributed by atoms with E-state index in [0.29, 0.717) is 38.3 Å². The Hall–Kier alpha value is -4.13. The SMILES string of the molecule is O=[N+]([O-])c1cn2c(n1)OC[C@@H](NCc1ccc(N3CC=C(c4ccc(OC(F)(F)F)cc4)CC3)c(F)c1)C2. The Bertz CT molecular complexity index is 1360. The lowest BCUT2D eigenvalue weighted by Gasteiger charge is -2.29. The Kier molecular flexibility index (Phi) is 6.93. The molecule has 38 heavy (non-hydrogen) atoms. The fourth-order valence-electron chi connectivity index (χ4n) is 4.51. The molecule has 0 fully saturated rings. The zero-order valence-electron chi connectivity index (χ0n) is 19.9. The predicted octanol–water partition coefficient (Wildman–Crippen LogP) is 4.67. The van der Waals surface area contributed by atoms with Gasteiger partial charge in [0.2, 0.25) is 0 Å². The van der Waals surface area contributed by atoms with E-state index in [4.69, 9.17) is 4.74 Å². The Labute approximate surface area is 214 Å². The highest BCUT2D eigenvalue weighted by Crippen LogP contribution is 2.30. The van der Waals surface area contributed by atoms with Gasteiger partial charge in [-0.1, -0.05) is 24.3 Å². The lowest BCUT2D eigenvalue weighted by atomic mass is 9.99. The van der Waals surface area contributed by atoms with E-state index in [1.807, 2.05) is 17.0 Å². The van der Waals surface area contributed by atoms with Crippen molar-refractivity contribution in [1.82, 2.24) is 14.9 Å². The third kappa shape index (κ3) is 5.88. The van der Waals surface area contributed by atoms with E-state index >= 15 is 0 Å². The molecule has 200 valence electrons. The van der Waals surface area contributed by atoms with Gasteiger partial charge in [0.05, 0.1) is 11.7 Å². The highest BCUT2D eigenvalue weighted by atomic mass is 19.4. The first-order valence-corrected chi connectivity index (χ1v) is 11.8. The van der Waals surface area contributed by atoms with Gasteiger partial charge in [-0.25, -0.2) is 4.39 Å². The van der Waals surface area contributed by atoms with Gasteiger partial charge in [-0.05, 0) is 52.3 Å². The molecule has 1 atom stereocenters. The van der Waals surface area contributed by atoms with Gasteiger partial charge in [0.15, 0.2) is 0 Å². The van der Waals surface area contributed by atoms with Crippen LogP contribution in [-0.4, -0.2) is 46.6 Å². The smallest absolute Gasteiger partial charge is 0.444 e. The van der Waals surface area contributed by atoms with E-state index in [9.17, 15) is 27.7 Å². The monoisotopic (exact) mass is 533 g/mol. The van der Waals surface area contributed by atoms with Crippen molar-refractivity contribution in [1.29, 1.82) is 0 Å². The number of imidazole rings is 1. The van der Waals surface area contributed by atoms with Crippen molar-refractivity contribution in [2.75, 3.05) is 24.6 Å². The standard InChI is InChI=1S/C25H23F4N5O4/c26-21-11-16(12-30-19-13-33-14-23(34(35)36)31-24(33)37-15-19)1-6-22(21)32-9-7-18(8-10-32)17-2-4-20(5-3-17)38-25(27,28)29/h1-7,11,14,19,30H,8-10,12-13,15H2/t19-/m0/s1. The summed E-state index contributed by atoms with van der Waals surface area (Å²) in [5, 5.41) is 14.2. The Morgan fingerprint density at radius 2 is 2.00 bits per heavy atom. The van der Waals surface area contributed by atoms with Crippen LogP contribution >= 0.6 is 0 Å². The van der Waals surface area contributed by atoms with Crippen LogP contribution in [0, 0.1) is 15.9 Å². The second-order valence-electron chi connectivity index (χ2n) is 8.96. The summed E-state index contributed by atoms with van der Waals surface area (Å²) < 4.78 is 63.0. The van der Waals surface area contributed by atoms with Gasteiger partial charge in [-0.2, -0.15) is 0 Å². The second kappa shape index (κ2) is 10.3.